The lowest BCUT2D eigenvalue weighted by Crippen LogP contribution is -2.28. The van der Waals surface area contributed by atoms with Crippen LogP contribution in [0.5, 0.6) is 0 Å². The Morgan fingerprint density at radius 2 is 1.77 bits per heavy atom. The molecule has 3 nitrogen and oxygen atoms in total. The molecule has 0 saturated carbocycles. The first kappa shape index (κ1) is 18.2. The third-order valence-corrected chi connectivity index (χ3v) is 4.88. The van der Waals surface area contributed by atoms with Crippen LogP contribution in [-0.4, -0.2) is 17.0 Å². The molecule has 0 bridgehead atoms. The largest absolute Gasteiger partial charge is 0.356 e. The fourth-order valence-electron chi connectivity index (χ4n) is 3.43. The number of hydrogen-bond acceptors (Lipinski definition) is 1. The maximum absolute atomic E-state index is 12.6. The standard InChI is InChI=1S/C23H28N2O/c1-16(2)14-24-23(26)13-20(18-11-9-17(3)10-12-18)21-15-25(4)22-8-6-5-7-19(21)22/h5-12,15-16,20H,13-14H2,1-4H3,(H,24,26). The van der Waals surface area contributed by atoms with E-state index < -0.39 is 0 Å². The normalized spacial score (nSPS) is 12.5. The van der Waals surface area contributed by atoms with Crippen LogP contribution < -0.4 is 5.32 Å². The molecule has 3 rings (SSSR count). The van der Waals surface area contributed by atoms with Crippen LogP contribution >= 0.6 is 0 Å². The van der Waals surface area contributed by atoms with Crippen LogP contribution in [0.2, 0.25) is 0 Å². The van der Waals surface area contributed by atoms with E-state index in [4.69, 9.17) is 0 Å². The average molecular weight is 348 g/mol. The van der Waals surface area contributed by atoms with Gasteiger partial charge in [0.15, 0.2) is 0 Å². The molecule has 136 valence electrons. The van der Waals surface area contributed by atoms with E-state index in [9.17, 15) is 4.79 Å². The number of aromatic nitrogens is 1. The summed E-state index contributed by atoms with van der Waals surface area (Å²) in [5.74, 6) is 0.611. The molecule has 0 aliphatic rings. The van der Waals surface area contributed by atoms with Crippen molar-refractivity contribution in [2.75, 3.05) is 6.54 Å². The van der Waals surface area contributed by atoms with Crippen LogP contribution in [0.4, 0.5) is 0 Å². The van der Waals surface area contributed by atoms with E-state index in [2.05, 4.69) is 92.4 Å². The van der Waals surface area contributed by atoms with Crippen LogP contribution in [0.3, 0.4) is 0 Å². The smallest absolute Gasteiger partial charge is 0.220 e. The molecule has 1 atom stereocenters. The fourth-order valence-corrected chi connectivity index (χ4v) is 3.43. The lowest BCUT2D eigenvalue weighted by atomic mass is 9.87. The Bertz CT molecular complexity index is 890. The number of carbonyl (C=O) groups excluding carboxylic acids is 1. The predicted molar refractivity (Wildman–Crippen MR) is 108 cm³/mol. The van der Waals surface area contributed by atoms with Gasteiger partial charge in [0.05, 0.1) is 0 Å². The molecule has 3 heteroatoms. The number of aryl methyl sites for hydroxylation is 2. The van der Waals surface area contributed by atoms with Crippen molar-refractivity contribution in [1.82, 2.24) is 9.88 Å². The lowest BCUT2D eigenvalue weighted by molar-refractivity contribution is -0.121. The summed E-state index contributed by atoms with van der Waals surface area (Å²) < 4.78 is 2.15. The van der Waals surface area contributed by atoms with E-state index in [0.29, 0.717) is 12.3 Å². The van der Waals surface area contributed by atoms with Gasteiger partial charge in [-0.1, -0.05) is 61.9 Å². The molecule has 1 amide bonds. The van der Waals surface area contributed by atoms with Crippen molar-refractivity contribution in [2.45, 2.75) is 33.1 Å². The minimum atomic E-state index is 0.0499. The molecule has 1 heterocycles. The molecule has 0 fully saturated rings. The molecule has 0 aliphatic heterocycles. The van der Waals surface area contributed by atoms with E-state index in [1.807, 2.05) is 0 Å². The van der Waals surface area contributed by atoms with Gasteiger partial charge in [0.2, 0.25) is 5.91 Å². The number of nitrogens with one attached hydrogen (secondary N) is 1. The Labute approximate surface area is 156 Å². The molecule has 26 heavy (non-hydrogen) atoms. The van der Waals surface area contributed by atoms with Crippen LogP contribution in [0.1, 0.15) is 42.9 Å². The Morgan fingerprint density at radius 1 is 1.08 bits per heavy atom. The monoisotopic (exact) mass is 348 g/mol. The summed E-state index contributed by atoms with van der Waals surface area (Å²) in [6.07, 6.45) is 2.63. The first-order valence-electron chi connectivity index (χ1n) is 9.33. The van der Waals surface area contributed by atoms with Crippen LogP contribution in [0.15, 0.2) is 54.7 Å². The Hall–Kier alpha value is -2.55. The van der Waals surface area contributed by atoms with Crippen molar-refractivity contribution >= 4 is 16.8 Å². The molecule has 1 N–H and O–H groups in total. The number of benzene rings is 2. The third kappa shape index (κ3) is 3.98. The van der Waals surface area contributed by atoms with Crippen molar-refractivity contribution in [1.29, 1.82) is 0 Å². The second-order valence-electron chi connectivity index (χ2n) is 7.58. The van der Waals surface area contributed by atoms with Gasteiger partial charge in [-0.3, -0.25) is 4.79 Å². The molecule has 1 unspecified atom stereocenters. The van der Waals surface area contributed by atoms with Gasteiger partial charge in [0, 0.05) is 43.0 Å². The SMILES string of the molecule is Cc1ccc(C(CC(=O)NCC(C)C)c2cn(C)c3ccccc23)cc1. The third-order valence-electron chi connectivity index (χ3n) is 4.88. The van der Waals surface area contributed by atoms with Gasteiger partial charge in [-0.25, -0.2) is 0 Å². The summed E-state index contributed by atoms with van der Waals surface area (Å²) in [4.78, 5) is 12.6. The topological polar surface area (TPSA) is 34.0 Å². The fraction of sp³-hybridized carbons (Fsp3) is 0.348. The first-order valence-corrected chi connectivity index (χ1v) is 9.33. The van der Waals surface area contributed by atoms with E-state index in [1.165, 1.54) is 27.6 Å². The summed E-state index contributed by atoms with van der Waals surface area (Å²) in [5, 5.41) is 4.29. The minimum absolute atomic E-state index is 0.0499. The number of nitrogens with zero attached hydrogens (tertiary/aromatic N) is 1. The Kier molecular flexibility index (Phi) is 5.46. The van der Waals surface area contributed by atoms with Gasteiger partial charge < -0.3 is 9.88 Å². The molecule has 3 aromatic rings. The van der Waals surface area contributed by atoms with Crippen molar-refractivity contribution in [3.05, 3.63) is 71.4 Å². The lowest BCUT2D eigenvalue weighted by Gasteiger charge is -2.18. The molecular weight excluding hydrogens is 320 g/mol. The van der Waals surface area contributed by atoms with E-state index in [1.54, 1.807) is 0 Å². The van der Waals surface area contributed by atoms with Crippen LogP contribution in [0.25, 0.3) is 10.9 Å². The Balaban J connectivity index is 1.99. The van der Waals surface area contributed by atoms with E-state index in [0.717, 1.165) is 6.54 Å². The van der Waals surface area contributed by atoms with Crippen molar-refractivity contribution in [2.24, 2.45) is 13.0 Å². The highest BCUT2D eigenvalue weighted by Gasteiger charge is 2.22. The highest BCUT2D eigenvalue weighted by molar-refractivity contribution is 5.86. The number of rotatable bonds is 6. The van der Waals surface area contributed by atoms with Gasteiger partial charge >= 0.3 is 0 Å². The molecule has 0 radical (unpaired) electrons. The zero-order valence-electron chi connectivity index (χ0n) is 16.1. The van der Waals surface area contributed by atoms with Crippen molar-refractivity contribution in [3.63, 3.8) is 0 Å². The number of para-hydroxylation sites is 1. The molecule has 1 aromatic heterocycles. The summed E-state index contributed by atoms with van der Waals surface area (Å²) in [6, 6.07) is 17.0. The summed E-state index contributed by atoms with van der Waals surface area (Å²) in [6.45, 7) is 7.03. The second-order valence-corrected chi connectivity index (χ2v) is 7.58. The van der Waals surface area contributed by atoms with E-state index >= 15 is 0 Å². The van der Waals surface area contributed by atoms with Crippen LogP contribution in [0, 0.1) is 12.8 Å². The highest BCUT2D eigenvalue weighted by Crippen LogP contribution is 2.34. The summed E-state index contributed by atoms with van der Waals surface area (Å²) in [5.41, 5.74) is 4.83. The molecule has 2 aromatic carbocycles. The van der Waals surface area contributed by atoms with Gasteiger partial charge in [-0.2, -0.15) is 0 Å². The zero-order chi connectivity index (χ0) is 18.7. The maximum atomic E-state index is 12.6. The summed E-state index contributed by atoms with van der Waals surface area (Å²) >= 11 is 0. The predicted octanol–water partition coefficient (Wildman–Crippen LogP) is 4.78. The minimum Gasteiger partial charge on any atom is -0.356 e. The van der Waals surface area contributed by atoms with Gasteiger partial charge in [-0.05, 0) is 30.0 Å². The van der Waals surface area contributed by atoms with Crippen LogP contribution in [-0.2, 0) is 11.8 Å². The van der Waals surface area contributed by atoms with Crippen molar-refractivity contribution in [3.8, 4) is 0 Å². The van der Waals surface area contributed by atoms with Gasteiger partial charge in [0.25, 0.3) is 0 Å². The number of carbonyl (C=O) groups is 1. The first-order chi connectivity index (χ1) is 12.5. The molecule has 0 saturated heterocycles. The summed E-state index contributed by atoms with van der Waals surface area (Å²) in [7, 11) is 2.07. The Morgan fingerprint density at radius 3 is 2.46 bits per heavy atom. The average Bonchev–Trinajstić information content (AvgIpc) is 2.96. The number of amides is 1. The molecule has 0 spiro atoms. The maximum Gasteiger partial charge on any atom is 0.220 e. The van der Waals surface area contributed by atoms with Gasteiger partial charge in [0.1, 0.15) is 0 Å². The second kappa shape index (κ2) is 7.77. The zero-order valence-corrected chi connectivity index (χ0v) is 16.1. The highest BCUT2D eigenvalue weighted by atomic mass is 16.1. The van der Waals surface area contributed by atoms with Gasteiger partial charge in [-0.15, -0.1) is 0 Å². The number of fused-ring (bicyclic) bond motifs is 1. The number of hydrogen-bond donors (Lipinski definition) is 1. The molecule has 0 aliphatic carbocycles. The molecular formula is C23H28N2O. The quantitative estimate of drug-likeness (QED) is 0.683. The van der Waals surface area contributed by atoms with E-state index in [-0.39, 0.29) is 11.8 Å². The van der Waals surface area contributed by atoms with Crippen molar-refractivity contribution < 1.29 is 4.79 Å².